The highest BCUT2D eigenvalue weighted by Crippen LogP contribution is 2.05. The number of benzene rings is 1. The maximum atomic E-state index is 5.07. The molecule has 2 aromatic rings. The molecular weight excluding hydrogens is 244 g/mol. The summed E-state index contributed by atoms with van der Waals surface area (Å²) in [5, 5.41) is 11.0. The van der Waals surface area contributed by atoms with Crippen LogP contribution in [0, 0.1) is 11.7 Å². The van der Waals surface area contributed by atoms with E-state index < -0.39 is 0 Å². The minimum absolute atomic E-state index is 0.497. The largest absolute Gasteiger partial charge is 0.250 e. The summed E-state index contributed by atoms with van der Waals surface area (Å²) in [5.74, 6) is 0.740. The van der Waals surface area contributed by atoms with Crippen molar-refractivity contribution >= 4 is 24.5 Å². The molecule has 5 heteroatoms. The van der Waals surface area contributed by atoms with Gasteiger partial charge in [-0.15, -0.1) is 0 Å². The van der Waals surface area contributed by atoms with E-state index in [0.29, 0.717) is 4.77 Å². The molecule has 0 fully saturated rings. The molecule has 0 radical (unpaired) electrons. The van der Waals surface area contributed by atoms with Crippen LogP contribution in [0.1, 0.15) is 18.3 Å². The normalized spacial score (nSPS) is 12.2. The molecule has 0 amide bonds. The molecule has 0 aliphatic rings. The first-order valence-electron chi connectivity index (χ1n) is 5.58. The van der Waals surface area contributed by atoms with Crippen molar-refractivity contribution in [2.75, 3.05) is 0 Å². The summed E-state index contributed by atoms with van der Waals surface area (Å²) in [4.78, 5) is 0. The highest BCUT2D eigenvalue weighted by Gasteiger charge is 1.96. The van der Waals surface area contributed by atoms with E-state index in [9.17, 15) is 0 Å². The van der Waals surface area contributed by atoms with Crippen LogP contribution in [-0.4, -0.2) is 21.1 Å². The molecule has 0 atom stereocenters. The number of aromatic nitrogens is 3. The Morgan fingerprint density at radius 3 is 2.72 bits per heavy atom. The molecule has 0 unspecified atom stereocenters. The number of rotatable bonds is 3. The Morgan fingerprint density at radius 1 is 1.39 bits per heavy atom. The lowest BCUT2D eigenvalue weighted by Gasteiger charge is -1.96. The molecule has 2 rings (SSSR count). The third kappa shape index (κ3) is 3.01. The summed E-state index contributed by atoms with van der Waals surface area (Å²) in [6, 6.07) is 10.1. The van der Waals surface area contributed by atoms with Crippen LogP contribution in [0.15, 0.2) is 41.0 Å². The quantitative estimate of drug-likeness (QED) is 0.679. The second-order valence-corrected chi connectivity index (χ2v) is 4.32. The molecule has 1 N–H and O–H groups in total. The molecule has 1 aromatic heterocycles. The maximum absolute atomic E-state index is 5.07. The van der Waals surface area contributed by atoms with Gasteiger partial charge >= 0.3 is 0 Å². The minimum atomic E-state index is 0.497. The molecule has 0 saturated carbocycles. The summed E-state index contributed by atoms with van der Waals surface area (Å²) in [6.45, 7) is 3.84. The monoisotopic (exact) mass is 258 g/mol. The van der Waals surface area contributed by atoms with Crippen LogP contribution in [0.25, 0.3) is 6.08 Å². The second kappa shape index (κ2) is 5.55. The Labute approximate surface area is 111 Å². The fourth-order valence-electron chi connectivity index (χ4n) is 1.50. The Morgan fingerprint density at radius 2 is 2.11 bits per heavy atom. The van der Waals surface area contributed by atoms with Crippen LogP contribution < -0.4 is 0 Å². The van der Waals surface area contributed by atoms with Crippen molar-refractivity contribution < 1.29 is 0 Å². The molecule has 92 valence electrons. The average Bonchev–Trinajstić information content (AvgIpc) is 2.68. The Hall–Kier alpha value is -2.01. The maximum Gasteiger partial charge on any atom is 0.216 e. The van der Waals surface area contributed by atoms with Gasteiger partial charge in [0.1, 0.15) is 5.82 Å². The highest BCUT2D eigenvalue weighted by molar-refractivity contribution is 7.71. The standard InChI is InChI=1S/C13H14N4S/c1-10(8-12-6-4-3-5-7-12)9-14-17-11(2)15-16-13(17)18/h3-9H,1-2H3,(H,16,18). The molecule has 0 aliphatic heterocycles. The summed E-state index contributed by atoms with van der Waals surface area (Å²) in [5.41, 5.74) is 2.19. The molecule has 1 heterocycles. The van der Waals surface area contributed by atoms with Gasteiger partial charge in [-0.2, -0.15) is 14.9 Å². The lowest BCUT2D eigenvalue weighted by atomic mass is 10.1. The van der Waals surface area contributed by atoms with Gasteiger partial charge in [0.15, 0.2) is 0 Å². The van der Waals surface area contributed by atoms with Gasteiger partial charge in [0, 0.05) is 0 Å². The topological polar surface area (TPSA) is 46.0 Å². The van der Waals surface area contributed by atoms with E-state index in [-0.39, 0.29) is 0 Å². The van der Waals surface area contributed by atoms with E-state index in [0.717, 1.165) is 17.0 Å². The van der Waals surface area contributed by atoms with Gasteiger partial charge in [0.05, 0.1) is 6.21 Å². The van der Waals surface area contributed by atoms with Gasteiger partial charge in [-0.3, -0.25) is 5.10 Å². The second-order valence-electron chi connectivity index (χ2n) is 3.93. The zero-order valence-electron chi connectivity index (χ0n) is 10.3. The first-order valence-corrected chi connectivity index (χ1v) is 5.99. The number of nitrogens with one attached hydrogen (secondary N) is 1. The molecule has 0 aliphatic carbocycles. The number of aryl methyl sites for hydroxylation is 1. The first-order chi connectivity index (χ1) is 8.66. The van der Waals surface area contributed by atoms with Crippen molar-refractivity contribution in [3.05, 3.63) is 52.1 Å². The fraction of sp³-hybridized carbons (Fsp3) is 0.154. The predicted molar refractivity (Wildman–Crippen MR) is 76.1 cm³/mol. The van der Waals surface area contributed by atoms with Gasteiger partial charge in [0.2, 0.25) is 4.77 Å². The van der Waals surface area contributed by atoms with E-state index in [1.807, 2.05) is 44.2 Å². The number of allylic oxidation sites excluding steroid dienone is 1. The lowest BCUT2D eigenvalue weighted by molar-refractivity contribution is 0.820. The minimum Gasteiger partial charge on any atom is -0.250 e. The van der Waals surface area contributed by atoms with Crippen molar-refractivity contribution in [3.63, 3.8) is 0 Å². The fourth-order valence-corrected chi connectivity index (χ4v) is 1.73. The van der Waals surface area contributed by atoms with Gasteiger partial charge in [-0.1, -0.05) is 36.4 Å². The Kier molecular flexibility index (Phi) is 3.84. The third-order valence-corrected chi connectivity index (χ3v) is 2.65. The summed E-state index contributed by atoms with van der Waals surface area (Å²) < 4.78 is 2.09. The third-order valence-electron chi connectivity index (χ3n) is 2.38. The van der Waals surface area contributed by atoms with Crippen LogP contribution in [0.3, 0.4) is 0 Å². The van der Waals surface area contributed by atoms with Crippen molar-refractivity contribution in [1.82, 2.24) is 14.9 Å². The Balaban J connectivity index is 2.20. The van der Waals surface area contributed by atoms with E-state index in [4.69, 9.17) is 12.2 Å². The molecule has 4 nitrogen and oxygen atoms in total. The van der Waals surface area contributed by atoms with Crippen molar-refractivity contribution in [2.24, 2.45) is 5.10 Å². The van der Waals surface area contributed by atoms with Gasteiger partial charge in [0.25, 0.3) is 0 Å². The average molecular weight is 258 g/mol. The van der Waals surface area contributed by atoms with E-state index in [1.54, 1.807) is 10.9 Å². The van der Waals surface area contributed by atoms with Crippen LogP contribution >= 0.6 is 12.2 Å². The summed E-state index contributed by atoms with van der Waals surface area (Å²) in [6.07, 6.45) is 3.83. The van der Waals surface area contributed by atoms with Gasteiger partial charge in [-0.05, 0) is 37.2 Å². The number of hydrogen-bond acceptors (Lipinski definition) is 3. The van der Waals surface area contributed by atoms with Crippen LogP contribution in [0.4, 0.5) is 0 Å². The van der Waals surface area contributed by atoms with Gasteiger partial charge < -0.3 is 0 Å². The Bertz CT molecular complexity index is 635. The van der Waals surface area contributed by atoms with Gasteiger partial charge in [-0.25, -0.2) is 0 Å². The number of aromatic amines is 1. The smallest absolute Gasteiger partial charge is 0.216 e. The lowest BCUT2D eigenvalue weighted by Crippen LogP contribution is -1.93. The highest BCUT2D eigenvalue weighted by atomic mass is 32.1. The summed E-state index contributed by atoms with van der Waals surface area (Å²) in [7, 11) is 0. The molecule has 1 aromatic carbocycles. The molecular formula is C13H14N4S. The number of nitrogens with zero attached hydrogens (tertiary/aromatic N) is 3. The molecule has 0 bridgehead atoms. The number of H-pyrrole nitrogens is 1. The van der Waals surface area contributed by atoms with E-state index in [2.05, 4.69) is 21.4 Å². The molecule has 0 spiro atoms. The van der Waals surface area contributed by atoms with Crippen molar-refractivity contribution in [2.45, 2.75) is 13.8 Å². The zero-order chi connectivity index (χ0) is 13.0. The number of hydrogen-bond donors (Lipinski definition) is 1. The first kappa shape index (κ1) is 12.4. The van der Waals surface area contributed by atoms with Crippen LogP contribution in [-0.2, 0) is 0 Å². The van der Waals surface area contributed by atoms with Crippen LogP contribution in [0.2, 0.25) is 0 Å². The molecule has 0 saturated heterocycles. The van der Waals surface area contributed by atoms with Crippen LogP contribution in [0.5, 0.6) is 0 Å². The summed E-state index contributed by atoms with van der Waals surface area (Å²) >= 11 is 5.07. The molecule has 18 heavy (non-hydrogen) atoms. The van der Waals surface area contributed by atoms with E-state index in [1.165, 1.54) is 0 Å². The van der Waals surface area contributed by atoms with E-state index >= 15 is 0 Å². The van der Waals surface area contributed by atoms with Crippen molar-refractivity contribution in [1.29, 1.82) is 0 Å². The predicted octanol–water partition coefficient (Wildman–Crippen LogP) is 3.19. The SMILES string of the molecule is CC(C=Nn1c(C)n[nH]c1=S)=Cc1ccccc1. The van der Waals surface area contributed by atoms with Crippen molar-refractivity contribution in [3.8, 4) is 0 Å². The zero-order valence-corrected chi connectivity index (χ0v) is 11.1.